The Labute approximate surface area is 195 Å². The number of amides is 2. The summed E-state index contributed by atoms with van der Waals surface area (Å²) >= 11 is 1.37. The number of rotatable bonds is 5. The molecule has 0 radical (unpaired) electrons. The van der Waals surface area contributed by atoms with E-state index in [4.69, 9.17) is 4.74 Å². The van der Waals surface area contributed by atoms with Crippen LogP contribution in [-0.4, -0.2) is 40.7 Å². The second kappa shape index (κ2) is 10.2. The SMILES string of the molecule is CN(C(=O)[C@H](Cc1cc(F)cc(F)c1)NC(=O)OC(C)(C)C)c1cnc2scnc2c1.S. The van der Waals surface area contributed by atoms with E-state index in [2.05, 4.69) is 15.3 Å². The van der Waals surface area contributed by atoms with Crippen LogP contribution in [0, 0.1) is 11.6 Å². The summed E-state index contributed by atoms with van der Waals surface area (Å²) in [5, 5.41) is 2.51. The van der Waals surface area contributed by atoms with Crippen molar-refractivity contribution >= 4 is 52.9 Å². The number of carbonyl (C=O) groups is 2. The average Bonchev–Trinajstić information content (AvgIpc) is 3.11. The molecule has 0 saturated heterocycles. The Hall–Kier alpha value is -2.79. The van der Waals surface area contributed by atoms with Gasteiger partial charge in [0.15, 0.2) is 0 Å². The maximum Gasteiger partial charge on any atom is 0.408 e. The lowest BCUT2D eigenvalue weighted by Crippen LogP contribution is -2.50. The number of carbonyl (C=O) groups excluding carboxylic acids is 2. The first-order chi connectivity index (χ1) is 14.5. The fourth-order valence-corrected chi connectivity index (χ4v) is 3.52. The lowest BCUT2D eigenvalue weighted by molar-refractivity contribution is -0.120. The minimum Gasteiger partial charge on any atom is -0.444 e. The number of likely N-dealkylation sites (N-methyl/N-ethyl adjacent to an activating group) is 1. The van der Waals surface area contributed by atoms with E-state index in [9.17, 15) is 18.4 Å². The summed E-state index contributed by atoms with van der Waals surface area (Å²) in [5.74, 6) is -2.05. The molecule has 1 aromatic carbocycles. The van der Waals surface area contributed by atoms with Crippen molar-refractivity contribution in [3.05, 3.63) is 53.2 Å². The molecule has 0 aliphatic rings. The Morgan fingerprint density at radius 1 is 1.16 bits per heavy atom. The molecule has 0 aliphatic heterocycles. The number of nitrogens with zero attached hydrogens (tertiary/aromatic N) is 3. The number of ether oxygens (including phenoxy) is 1. The molecule has 1 atom stereocenters. The van der Waals surface area contributed by atoms with Crippen LogP contribution < -0.4 is 10.2 Å². The zero-order chi connectivity index (χ0) is 22.8. The Morgan fingerprint density at radius 2 is 1.81 bits per heavy atom. The van der Waals surface area contributed by atoms with E-state index in [1.807, 2.05) is 0 Å². The van der Waals surface area contributed by atoms with Crippen LogP contribution in [0.1, 0.15) is 26.3 Å². The smallest absolute Gasteiger partial charge is 0.408 e. The molecule has 3 aromatic rings. The van der Waals surface area contributed by atoms with Crippen LogP contribution in [0.4, 0.5) is 19.3 Å². The Kier molecular flexibility index (Phi) is 8.13. The van der Waals surface area contributed by atoms with Crippen LogP contribution in [0.15, 0.2) is 36.0 Å². The van der Waals surface area contributed by atoms with E-state index in [-0.39, 0.29) is 25.5 Å². The van der Waals surface area contributed by atoms with Gasteiger partial charge >= 0.3 is 6.09 Å². The van der Waals surface area contributed by atoms with E-state index >= 15 is 0 Å². The van der Waals surface area contributed by atoms with Crippen molar-refractivity contribution in [2.75, 3.05) is 11.9 Å². The number of anilines is 1. The van der Waals surface area contributed by atoms with Gasteiger partial charge in [0, 0.05) is 19.5 Å². The van der Waals surface area contributed by atoms with E-state index in [1.54, 1.807) is 32.3 Å². The summed E-state index contributed by atoms with van der Waals surface area (Å²) in [7, 11) is 1.52. The van der Waals surface area contributed by atoms with Crippen LogP contribution in [0.3, 0.4) is 0 Å². The fraction of sp³-hybridized carbons (Fsp3) is 0.333. The third-order valence-corrected chi connectivity index (χ3v) is 4.99. The number of hydrogen-bond acceptors (Lipinski definition) is 6. The van der Waals surface area contributed by atoms with Gasteiger partial charge in [-0.05, 0) is 44.5 Å². The Balaban J connectivity index is 0.00000363. The summed E-state index contributed by atoms with van der Waals surface area (Å²) in [6, 6.07) is 3.53. The van der Waals surface area contributed by atoms with Gasteiger partial charge < -0.3 is 15.0 Å². The molecule has 1 N–H and O–H groups in total. The van der Waals surface area contributed by atoms with E-state index in [1.165, 1.54) is 29.5 Å². The molecule has 172 valence electrons. The molecule has 32 heavy (non-hydrogen) atoms. The molecule has 11 heteroatoms. The van der Waals surface area contributed by atoms with Gasteiger partial charge in [0.2, 0.25) is 5.91 Å². The molecular formula is C21H24F2N4O3S2. The fourth-order valence-electron chi connectivity index (χ4n) is 2.91. The molecule has 0 fully saturated rings. The van der Waals surface area contributed by atoms with Gasteiger partial charge in [-0.1, -0.05) is 0 Å². The summed E-state index contributed by atoms with van der Waals surface area (Å²) in [4.78, 5) is 36.0. The van der Waals surface area contributed by atoms with E-state index in [0.29, 0.717) is 11.2 Å². The molecule has 2 amide bonds. The third-order valence-electron chi connectivity index (χ3n) is 4.24. The highest BCUT2D eigenvalue weighted by Gasteiger charge is 2.28. The van der Waals surface area contributed by atoms with Crippen molar-refractivity contribution in [2.45, 2.75) is 38.8 Å². The number of thiazole rings is 1. The second-order valence-electron chi connectivity index (χ2n) is 7.95. The van der Waals surface area contributed by atoms with Gasteiger partial charge in [0.1, 0.15) is 33.6 Å². The summed E-state index contributed by atoms with van der Waals surface area (Å²) in [5.41, 5.74) is 2.17. The van der Waals surface area contributed by atoms with Crippen molar-refractivity contribution in [3.63, 3.8) is 0 Å². The summed E-state index contributed by atoms with van der Waals surface area (Å²) < 4.78 is 32.5. The molecule has 0 spiro atoms. The molecule has 3 rings (SSSR count). The maximum absolute atomic E-state index is 13.6. The molecule has 0 saturated carbocycles. The minimum atomic E-state index is -1.13. The van der Waals surface area contributed by atoms with Crippen molar-refractivity contribution in [1.82, 2.24) is 15.3 Å². The molecule has 7 nitrogen and oxygen atoms in total. The summed E-state index contributed by atoms with van der Waals surface area (Å²) in [6.07, 6.45) is 0.568. The number of fused-ring (bicyclic) bond motifs is 1. The maximum atomic E-state index is 13.6. The number of alkyl carbamates (subject to hydrolysis) is 1. The number of hydrogen-bond donors (Lipinski definition) is 1. The van der Waals surface area contributed by atoms with E-state index in [0.717, 1.165) is 23.0 Å². The van der Waals surface area contributed by atoms with Crippen molar-refractivity contribution in [2.24, 2.45) is 0 Å². The Bertz CT molecular complexity index is 1100. The first kappa shape index (κ1) is 25.5. The highest BCUT2D eigenvalue weighted by atomic mass is 32.1. The van der Waals surface area contributed by atoms with Crippen molar-refractivity contribution in [1.29, 1.82) is 0 Å². The van der Waals surface area contributed by atoms with Gasteiger partial charge in [-0.15, -0.1) is 11.3 Å². The average molecular weight is 483 g/mol. The molecular weight excluding hydrogens is 458 g/mol. The first-order valence-electron chi connectivity index (χ1n) is 9.43. The number of aromatic nitrogens is 2. The second-order valence-corrected chi connectivity index (χ2v) is 8.78. The van der Waals surface area contributed by atoms with Crippen LogP contribution >= 0.6 is 24.8 Å². The topological polar surface area (TPSA) is 84.4 Å². The molecule has 2 aromatic heterocycles. The normalized spacial score (nSPS) is 12.1. The van der Waals surface area contributed by atoms with Gasteiger partial charge in [-0.2, -0.15) is 13.5 Å². The Morgan fingerprint density at radius 3 is 2.44 bits per heavy atom. The minimum absolute atomic E-state index is 0. The largest absolute Gasteiger partial charge is 0.444 e. The van der Waals surface area contributed by atoms with E-state index < -0.39 is 35.3 Å². The lowest BCUT2D eigenvalue weighted by Gasteiger charge is -2.26. The van der Waals surface area contributed by atoms with Crippen LogP contribution in [0.2, 0.25) is 0 Å². The monoisotopic (exact) mass is 482 g/mol. The summed E-state index contributed by atoms with van der Waals surface area (Å²) in [6.45, 7) is 5.06. The number of nitrogens with one attached hydrogen (secondary N) is 1. The number of benzene rings is 1. The number of pyridine rings is 1. The van der Waals surface area contributed by atoms with Gasteiger partial charge in [-0.25, -0.2) is 23.5 Å². The van der Waals surface area contributed by atoms with Crippen molar-refractivity contribution < 1.29 is 23.1 Å². The predicted molar refractivity (Wildman–Crippen MR) is 124 cm³/mol. The molecule has 0 aliphatic carbocycles. The zero-order valence-corrected chi connectivity index (χ0v) is 19.8. The number of halogens is 2. The quantitative estimate of drug-likeness (QED) is 0.590. The third kappa shape index (κ3) is 6.60. The standard InChI is InChI=1S/C21H22F2N4O3S.H2S/c1-21(2,3)30-20(29)26-17(7-12-5-13(22)8-14(23)6-12)19(28)27(4)15-9-16-18(24-10-15)31-11-25-16;/h5-6,8-11,17H,7H2,1-4H3,(H,26,29);1H2/t17-;/m0./s1. The first-order valence-corrected chi connectivity index (χ1v) is 10.3. The lowest BCUT2D eigenvalue weighted by atomic mass is 10.0. The van der Waals surface area contributed by atoms with Crippen LogP contribution in [-0.2, 0) is 16.0 Å². The van der Waals surface area contributed by atoms with Gasteiger partial charge in [-0.3, -0.25) is 4.79 Å². The molecule has 2 heterocycles. The predicted octanol–water partition coefficient (Wildman–Crippen LogP) is 4.18. The zero-order valence-electron chi connectivity index (χ0n) is 18.0. The van der Waals surface area contributed by atoms with Crippen LogP contribution in [0.5, 0.6) is 0 Å². The highest BCUT2D eigenvalue weighted by molar-refractivity contribution is 7.59. The van der Waals surface area contributed by atoms with Crippen LogP contribution in [0.25, 0.3) is 10.3 Å². The highest BCUT2D eigenvalue weighted by Crippen LogP contribution is 2.22. The molecule has 0 bridgehead atoms. The van der Waals surface area contributed by atoms with Gasteiger partial charge in [0.25, 0.3) is 0 Å². The van der Waals surface area contributed by atoms with Crippen molar-refractivity contribution in [3.8, 4) is 0 Å². The molecule has 0 unspecified atom stereocenters. The van der Waals surface area contributed by atoms with Gasteiger partial charge in [0.05, 0.1) is 17.4 Å².